The quantitative estimate of drug-likeness (QED) is 0.493. The van der Waals surface area contributed by atoms with E-state index in [1.165, 1.54) is 16.0 Å². The predicted octanol–water partition coefficient (Wildman–Crippen LogP) is 2.26. The molecule has 0 spiro atoms. The Morgan fingerprint density at radius 3 is 2.81 bits per heavy atom. The van der Waals surface area contributed by atoms with E-state index >= 15 is 0 Å². The Hall–Kier alpha value is -3.33. The van der Waals surface area contributed by atoms with Crippen LogP contribution in [0.4, 0.5) is 0 Å². The van der Waals surface area contributed by atoms with Crippen molar-refractivity contribution in [2.45, 2.75) is 12.5 Å². The minimum Gasteiger partial charge on any atom is -0.463 e. The molecular weight excluding hydrogens is 368 g/mol. The molecule has 0 amide bonds. The van der Waals surface area contributed by atoms with Gasteiger partial charge in [-0.15, -0.1) is 16.4 Å². The SMILES string of the molecule is O=C(O[C@@H]1CCOC1=O)/C(=C/c1cccs1)n1nnnc1-c1ccccc1. The average molecular weight is 382 g/mol. The van der Waals surface area contributed by atoms with E-state index in [2.05, 4.69) is 15.5 Å². The third-order valence-corrected chi connectivity index (χ3v) is 4.72. The molecule has 8 nitrogen and oxygen atoms in total. The Bertz CT molecular complexity index is 982. The van der Waals surface area contributed by atoms with Crippen LogP contribution in [0.25, 0.3) is 23.2 Å². The predicted molar refractivity (Wildman–Crippen MR) is 97.2 cm³/mol. The summed E-state index contributed by atoms with van der Waals surface area (Å²) in [5.74, 6) is -0.847. The molecule has 3 heterocycles. The molecule has 27 heavy (non-hydrogen) atoms. The fourth-order valence-electron chi connectivity index (χ4n) is 2.61. The molecule has 1 aromatic carbocycles. The number of benzene rings is 1. The Morgan fingerprint density at radius 1 is 1.26 bits per heavy atom. The second kappa shape index (κ2) is 7.50. The number of cyclic esters (lactones) is 1. The first-order valence-electron chi connectivity index (χ1n) is 8.19. The highest BCUT2D eigenvalue weighted by Gasteiger charge is 2.32. The molecule has 0 N–H and O–H groups in total. The highest BCUT2D eigenvalue weighted by Crippen LogP contribution is 2.24. The lowest BCUT2D eigenvalue weighted by Gasteiger charge is -2.12. The lowest BCUT2D eigenvalue weighted by atomic mass is 10.2. The topological polar surface area (TPSA) is 96.2 Å². The minimum atomic E-state index is -0.916. The van der Waals surface area contributed by atoms with E-state index in [0.717, 1.165) is 10.4 Å². The molecule has 4 rings (SSSR count). The summed E-state index contributed by atoms with van der Waals surface area (Å²) in [6.07, 6.45) is 1.05. The van der Waals surface area contributed by atoms with Gasteiger partial charge in [-0.3, -0.25) is 0 Å². The summed E-state index contributed by atoms with van der Waals surface area (Å²) in [7, 11) is 0. The lowest BCUT2D eigenvalue weighted by Crippen LogP contribution is -2.25. The van der Waals surface area contributed by atoms with Crippen molar-refractivity contribution in [2.24, 2.45) is 0 Å². The van der Waals surface area contributed by atoms with Gasteiger partial charge in [-0.25, -0.2) is 9.59 Å². The number of ether oxygens (including phenoxy) is 2. The van der Waals surface area contributed by atoms with Crippen LogP contribution >= 0.6 is 11.3 Å². The summed E-state index contributed by atoms with van der Waals surface area (Å²) in [5, 5.41) is 13.6. The molecule has 1 aliphatic rings. The summed E-state index contributed by atoms with van der Waals surface area (Å²) in [5.41, 5.74) is 0.855. The van der Waals surface area contributed by atoms with Crippen molar-refractivity contribution in [3.8, 4) is 11.4 Å². The zero-order chi connectivity index (χ0) is 18.6. The van der Waals surface area contributed by atoms with Gasteiger partial charge in [0.25, 0.3) is 0 Å². The van der Waals surface area contributed by atoms with Gasteiger partial charge in [-0.2, -0.15) is 4.68 Å². The number of rotatable bonds is 5. The van der Waals surface area contributed by atoms with Gasteiger partial charge in [0.05, 0.1) is 6.61 Å². The van der Waals surface area contributed by atoms with Crippen LogP contribution in [-0.4, -0.2) is 44.9 Å². The third kappa shape index (κ3) is 3.63. The number of hydrogen-bond acceptors (Lipinski definition) is 8. The normalized spacial score (nSPS) is 17.0. The lowest BCUT2D eigenvalue weighted by molar-refractivity contribution is -0.156. The zero-order valence-corrected chi connectivity index (χ0v) is 14.8. The van der Waals surface area contributed by atoms with Gasteiger partial charge in [0, 0.05) is 16.9 Å². The van der Waals surface area contributed by atoms with Crippen molar-refractivity contribution in [3.63, 3.8) is 0 Å². The molecule has 0 radical (unpaired) electrons. The summed E-state index contributed by atoms with van der Waals surface area (Å²) >= 11 is 1.45. The average Bonchev–Trinajstić information content (AvgIpc) is 3.43. The summed E-state index contributed by atoms with van der Waals surface area (Å²) in [6.45, 7) is 0.237. The molecule has 0 bridgehead atoms. The Morgan fingerprint density at radius 2 is 2.11 bits per heavy atom. The van der Waals surface area contributed by atoms with Crippen LogP contribution in [-0.2, 0) is 19.1 Å². The van der Waals surface area contributed by atoms with E-state index in [1.807, 2.05) is 47.8 Å². The number of nitrogens with zero attached hydrogens (tertiary/aromatic N) is 4. The van der Waals surface area contributed by atoms with Crippen molar-refractivity contribution < 1.29 is 19.1 Å². The van der Waals surface area contributed by atoms with Crippen LogP contribution in [0.3, 0.4) is 0 Å². The standard InChI is InChI=1S/C18H14N4O4S/c23-17(26-15-8-9-25-18(15)24)14(11-13-7-4-10-27-13)22-16(19-20-21-22)12-5-2-1-3-6-12/h1-7,10-11,15H,8-9H2/b14-11-/t15-/m1/s1. The smallest absolute Gasteiger partial charge is 0.358 e. The second-order valence-electron chi connectivity index (χ2n) is 5.68. The van der Waals surface area contributed by atoms with Gasteiger partial charge >= 0.3 is 11.9 Å². The van der Waals surface area contributed by atoms with Crippen LogP contribution in [0.2, 0.25) is 0 Å². The van der Waals surface area contributed by atoms with E-state index in [-0.39, 0.29) is 12.3 Å². The van der Waals surface area contributed by atoms with Gasteiger partial charge in [-0.05, 0) is 27.9 Å². The van der Waals surface area contributed by atoms with Crippen LogP contribution < -0.4 is 0 Å². The number of esters is 2. The number of hydrogen-bond donors (Lipinski definition) is 0. The minimum absolute atomic E-state index is 0.112. The van der Waals surface area contributed by atoms with Gasteiger partial charge in [0.2, 0.25) is 6.10 Å². The van der Waals surface area contributed by atoms with Gasteiger partial charge in [0.15, 0.2) is 11.5 Å². The van der Waals surface area contributed by atoms with E-state index in [1.54, 1.807) is 6.08 Å². The largest absolute Gasteiger partial charge is 0.463 e. The maximum atomic E-state index is 12.8. The fraction of sp³-hybridized carbons (Fsp3) is 0.167. The number of aromatic nitrogens is 4. The second-order valence-corrected chi connectivity index (χ2v) is 6.65. The maximum absolute atomic E-state index is 12.8. The molecule has 2 aromatic heterocycles. The monoisotopic (exact) mass is 382 g/mol. The summed E-state index contributed by atoms with van der Waals surface area (Å²) in [6, 6.07) is 13.0. The van der Waals surface area contributed by atoms with Crippen molar-refractivity contribution in [1.29, 1.82) is 0 Å². The van der Waals surface area contributed by atoms with E-state index in [9.17, 15) is 9.59 Å². The summed E-state index contributed by atoms with van der Waals surface area (Å²) in [4.78, 5) is 25.3. The molecule has 136 valence electrons. The third-order valence-electron chi connectivity index (χ3n) is 3.90. The van der Waals surface area contributed by atoms with Gasteiger partial charge < -0.3 is 9.47 Å². The molecule has 1 aliphatic heterocycles. The molecule has 1 atom stereocenters. The number of tetrazole rings is 1. The highest BCUT2D eigenvalue weighted by atomic mass is 32.1. The van der Waals surface area contributed by atoms with Crippen molar-refractivity contribution >= 4 is 35.0 Å². The van der Waals surface area contributed by atoms with Crippen LogP contribution in [0, 0.1) is 0 Å². The maximum Gasteiger partial charge on any atom is 0.358 e. The van der Waals surface area contributed by atoms with Crippen molar-refractivity contribution in [2.75, 3.05) is 6.61 Å². The van der Waals surface area contributed by atoms with E-state index in [4.69, 9.17) is 9.47 Å². The molecule has 0 unspecified atom stereocenters. The van der Waals surface area contributed by atoms with Gasteiger partial charge in [0.1, 0.15) is 0 Å². The number of carbonyl (C=O) groups excluding carboxylic acids is 2. The Balaban J connectivity index is 1.73. The highest BCUT2D eigenvalue weighted by molar-refractivity contribution is 7.10. The van der Waals surface area contributed by atoms with Crippen LogP contribution in [0.15, 0.2) is 47.8 Å². The first-order chi connectivity index (χ1) is 13.2. The van der Waals surface area contributed by atoms with Crippen LogP contribution in [0.5, 0.6) is 0 Å². The molecule has 0 saturated carbocycles. The van der Waals surface area contributed by atoms with E-state index < -0.39 is 18.0 Å². The first kappa shape index (κ1) is 17.1. The molecule has 3 aromatic rings. The molecular formula is C18H14N4O4S. The van der Waals surface area contributed by atoms with Gasteiger partial charge in [-0.1, -0.05) is 36.4 Å². The van der Waals surface area contributed by atoms with Crippen molar-refractivity contribution in [1.82, 2.24) is 20.2 Å². The molecule has 9 heteroatoms. The van der Waals surface area contributed by atoms with Crippen molar-refractivity contribution in [3.05, 3.63) is 52.7 Å². The fourth-order valence-corrected chi connectivity index (χ4v) is 3.26. The Labute approximate surface area is 158 Å². The zero-order valence-electron chi connectivity index (χ0n) is 14.0. The number of carbonyl (C=O) groups is 2. The Kier molecular flexibility index (Phi) is 4.75. The molecule has 1 fully saturated rings. The molecule has 0 aliphatic carbocycles. The van der Waals surface area contributed by atoms with E-state index in [0.29, 0.717) is 12.2 Å². The van der Waals surface area contributed by atoms with Crippen LogP contribution in [0.1, 0.15) is 11.3 Å². The first-order valence-corrected chi connectivity index (χ1v) is 9.07. The number of thiophene rings is 1. The summed E-state index contributed by atoms with van der Waals surface area (Å²) < 4.78 is 11.5. The molecule has 1 saturated heterocycles.